The number of ether oxygens (including phenoxy) is 1. The first-order chi connectivity index (χ1) is 20.0. The smallest absolute Gasteiger partial charge is 0.254 e. The van der Waals surface area contributed by atoms with Crippen molar-refractivity contribution in [3.8, 4) is 5.75 Å². The highest BCUT2D eigenvalue weighted by molar-refractivity contribution is 5.96. The van der Waals surface area contributed by atoms with Gasteiger partial charge >= 0.3 is 0 Å². The molecule has 41 heavy (non-hydrogen) atoms. The Kier molecular flexibility index (Phi) is 8.72. The fourth-order valence-corrected chi connectivity index (χ4v) is 6.90. The Hall–Kier alpha value is -3.17. The first kappa shape index (κ1) is 28.0. The van der Waals surface area contributed by atoms with E-state index in [2.05, 4.69) is 21.6 Å². The molecule has 0 spiro atoms. The fourth-order valence-electron chi connectivity index (χ4n) is 6.90. The maximum atomic E-state index is 14.5. The van der Waals surface area contributed by atoms with Crippen LogP contribution in [0.3, 0.4) is 0 Å². The molecule has 2 aromatic carbocycles. The van der Waals surface area contributed by atoms with Gasteiger partial charge in [-0.3, -0.25) is 9.59 Å². The number of amides is 2. The standard InChI is InChI=1S/C32H42FN5O3/c33-26-18-25(19-27(21-26)36-12-10-34-11-13-36)32(40)38-16-14-37(15-17-38)31(39)24-6-7-30(41-28-8-9-35-22-28)29(20-24)23-4-2-1-3-5-23/h6-7,18-21,23,28,34-35H,1-5,8-17,22H2/p+2/t28-/m0/s1. The van der Waals surface area contributed by atoms with Gasteiger partial charge in [-0.15, -0.1) is 0 Å². The lowest BCUT2D eigenvalue weighted by atomic mass is 9.83. The van der Waals surface area contributed by atoms with Gasteiger partial charge in [0.05, 0.1) is 32.7 Å². The van der Waals surface area contributed by atoms with Crippen LogP contribution in [0, 0.1) is 5.82 Å². The molecule has 9 heteroatoms. The second kappa shape index (κ2) is 12.8. The molecule has 8 nitrogen and oxygen atoms in total. The maximum Gasteiger partial charge on any atom is 0.254 e. The number of carbonyl (C=O) groups is 2. The number of nitrogens with zero attached hydrogens (tertiary/aromatic N) is 3. The van der Waals surface area contributed by atoms with Crippen LogP contribution in [-0.4, -0.2) is 93.2 Å². The van der Waals surface area contributed by atoms with Crippen molar-refractivity contribution in [3.63, 3.8) is 0 Å². The van der Waals surface area contributed by atoms with Crippen molar-refractivity contribution in [1.82, 2.24) is 9.80 Å². The molecule has 220 valence electrons. The van der Waals surface area contributed by atoms with E-state index in [1.54, 1.807) is 4.90 Å². The average molecular weight is 566 g/mol. The molecule has 4 aliphatic rings. The van der Waals surface area contributed by atoms with Gasteiger partial charge in [-0.05, 0) is 60.7 Å². The largest absolute Gasteiger partial charge is 0.484 e. The zero-order valence-electron chi connectivity index (χ0n) is 24.0. The number of nitrogens with two attached hydrogens (primary N) is 2. The summed E-state index contributed by atoms with van der Waals surface area (Å²) in [6.45, 7) is 7.49. The van der Waals surface area contributed by atoms with Crippen LogP contribution in [0.5, 0.6) is 5.75 Å². The van der Waals surface area contributed by atoms with E-state index in [1.807, 2.05) is 23.1 Å². The summed E-state index contributed by atoms with van der Waals surface area (Å²) in [6.07, 6.45) is 7.30. The highest BCUT2D eigenvalue weighted by Gasteiger charge is 2.29. The lowest BCUT2D eigenvalue weighted by Crippen LogP contribution is -2.89. The first-order valence-electron chi connectivity index (χ1n) is 15.6. The molecule has 0 radical (unpaired) electrons. The number of hydrogen-bond donors (Lipinski definition) is 2. The first-order valence-corrected chi connectivity index (χ1v) is 15.6. The minimum absolute atomic E-state index is 0.00449. The minimum atomic E-state index is -0.388. The molecular formula is C32H44FN5O3+2. The van der Waals surface area contributed by atoms with E-state index in [0.29, 0.717) is 43.2 Å². The van der Waals surface area contributed by atoms with E-state index in [0.717, 1.165) is 70.0 Å². The quantitative estimate of drug-likeness (QED) is 0.557. The van der Waals surface area contributed by atoms with Crippen LogP contribution < -0.4 is 20.3 Å². The number of carbonyl (C=O) groups excluding carboxylic acids is 2. The predicted octanol–water partition coefficient (Wildman–Crippen LogP) is 1.57. The predicted molar refractivity (Wildman–Crippen MR) is 155 cm³/mol. The van der Waals surface area contributed by atoms with Gasteiger partial charge in [-0.25, -0.2) is 4.39 Å². The van der Waals surface area contributed by atoms with Crippen molar-refractivity contribution in [1.29, 1.82) is 0 Å². The van der Waals surface area contributed by atoms with Crippen molar-refractivity contribution in [2.24, 2.45) is 0 Å². The molecule has 0 unspecified atom stereocenters. The number of anilines is 1. The third kappa shape index (κ3) is 6.51. The van der Waals surface area contributed by atoms with Crippen LogP contribution in [0.2, 0.25) is 0 Å². The van der Waals surface area contributed by atoms with Crippen LogP contribution >= 0.6 is 0 Å². The number of halogens is 1. The van der Waals surface area contributed by atoms with Gasteiger partial charge < -0.3 is 30.1 Å². The maximum absolute atomic E-state index is 14.5. The number of hydrogen-bond acceptors (Lipinski definition) is 4. The van der Waals surface area contributed by atoms with E-state index < -0.39 is 0 Å². The lowest BCUT2D eigenvalue weighted by molar-refractivity contribution is -0.655. The highest BCUT2D eigenvalue weighted by atomic mass is 19.1. The summed E-state index contributed by atoms with van der Waals surface area (Å²) in [6, 6.07) is 10.7. The van der Waals surface area contributed by atoms with Crippen LogP contribution in [0.4, 0.5) is 10.1 Å². The zero-order chi connectivity index (χ0) is 28.2. The highest BCUT2D eigenvalue weighted by Crippen LogP contribution is 2.38. The molecule has 1 saturated carbocycles. The summed E-state index contributed by atoms with van der Waals surface area (Å²) >= 11 is 0. The van der Waals surface area contributed by atoms with Gasteiger partial charge in [0.2, 0.25) is 0 Å². The van der Waals surface area contributed by atoms with E-state index in [4.69, 9.17) is 4.74 Å². The van der Waals surface area contributed by atoms with Crippen molar-refractivity contribution in [2.45, 2.75) is 50.5 Å². The molecule has 4 N–H and O–H groups in total. The normalized spacial score (nSPS) is 22.2. The summed E-state index contributed by atoms with van der Waals surface area (Å²) in [4.78, 5) is 32.7. The molecule has 1 aliphatic carbocycles. The Balaban J connectivity index is 1.12. The molecule has 3 saturated heterocycles. The molecule has 0 aromatic heterocycles. The third-order valence-corrected chi connectivity index (χ3v) is 9.27. The SMILES string of the molecule is O=C(c1cc(F)cc(N2CC[NH2+]CC2)c1)N1CCN(C(=O)c2ccc(O[C@H]3CC[NH2+]C3)c(C3CCCCC3)c2)CC1. The van der Waals surface area contributed by atoms with Gasteiger partial charge in [0.1, 0.15) is 18.1 Å². The van der Waals surface area contributed by atoms with E-state index in [1.165, 1.54) is 37.0 Å². The monoisotopic (exact) mass is 565 g/mol. The third-order valence-electron chi connectivity index (χ3n) is 9.27. The summed E-state index contributed by atoms with van der Waals surface area (Å²) in [5, 5.41) is 4.55. The lowest BCUT2D eigenvalue weighted by Gasteiger charge is -2.35. The molecule has 0 bridgehead atoms. The molecule has 6 rings (SSSR count). The summed E-state index contributed by atoms with van der Waals surface area (Å²) in [5.74, 6) is 0.824. The Morgan fingerprint density at radius 2 is 1.46 bits per heavy atom. The summed E-state index contributed by atoms with van der Waals surface area (Å²) in [7, 11) is 0. The summed E-state index contributed by atoms with van der Waals surface area (Å²) in [5.41, 5.74) is 3.03. The number of piperazine rings is 2. The molecule has 3 aliphatic heterocycles. The van der Waals surface area contributed by atoms with Gasteiger partial charge in [-0.2, -0.15) is 0 Å². The van der Waals surface area contributed by atoms with Crippen molar-refractivity contribution in [2.75, 3.05) is 70.3 Å². The van der Waals surface area contributed by atoms with Crippen molar-refractivity contribution in [3.05, 3.63) is 58.9 Å². The van der Waals surface area contributed by atoms with E-state index in [-0.39, 0.29) is 23.7 Å². The Labute approximate surface area is 242 Å². The average Bonchev–Trinajstić information content (AvgIpc) is 3.54. The Morgan fingerprint density at radius 3 is 2.15 bits per heavy atom. The van der Waals surface area contributed by atoms with Crippen molar-refractivity contribution < 1.29 is 29.3 Å². The molecule has 2 aromatic rings. The molecule has 2 amide bonds. The fraction of sp³-hybridized carbons (Fsp3) is 0.562. The van der Waals surface area contributed by atoms with E-state index >= 15 is 0 Å². The molecule has 4 fully saturated rings. The topological polar surface area (TPSA) is 86.3 Å². The summed E-state index contributed by atoms with van der Waals surface area (Å²) < 4.78 is 21.0. The Bertz CT molecular complexity index is 1230. The van der Waals surface area contributed by atoms with Crippen molar-refractivity contribution >= 4 is 17.5 Å². The second-order valence-electron chi connectivity index (χ2n) is 12.1. The minimum Gasteiger partial charge on any atom is -0.484 e. The van der Waals surface area contributed by atoms with Gasteiger partial charge in [-0.1, -0.05) is 19.3 Å². The van der Waals surface area contributed by atoms with Gasteiger partial charge in [0.15, 0.2) is 6.10 Å². The number of quaternary nitrogens is 2. The van der Waals surface area contributed by atoms with Crippen LogP contribution in [0.25, 0.3) is 0 Å². The van der Waals surface area contributed by atoms with Crippen LogP contribution in [0.15, 0.2) is 36.4 Å². The second-order valence-corrected chi connectivity index (χ2v) is 12.1. The zero-order valence-corrected chi connectivity index (χ0v) is 24.0. The molecule has 1 atom stereocenters. The number of benzene rings is 2. The van der Waals surface area contributed by atoms with Gasteiger partial charge in [0, 0.05) is 49.4 Å². The molecule has 3 heterocycles. The Morgan fingerprint density at radius 1 is 0.756 bits per heavy atom. The van der Waals surface area contributed by atoms with E-state index in [9.17, 15) is 14.0 Å². The van der Waals surface area contributed by atoms with Gasteiger partial charge in [0.25, 0.3) is 11.8 Å². The number of rotatable bonds is 6. The van der Waals surface area contributed by atoms with Crippen LogP contribution in [-0.2, 0) is 0 Å². The van der Waals surface area contributed by atoms with Crippen LogP contribution in [0.1, 0.15) is 70.7 Å². The molecular weight excluding hydrogens is 521 g/mol.